The van der Waals surface area contributed by atoms with Gasteiger partial charge in [0.05, 0.1) is 16.2 Å². The molecule has 3 rings (SSSR count). The van der Waals surface area contributed by atoms with Crippen LogP contribution in [0.1, 0.15) is 21.5 Å². The first kappa shape index (κ1) is 17.0. The van der Waals surface area contributed by atoms with E-state index in [-0.39, 0.29) is 11.5 Å². The number of carbonyl (C=O) groups is 2. The highest BCUT2D eigenvalue weighted by molar-refractivity contribution is 8.18. The largest absolute Gasteiger partial charge is 0.478 e. The van der Waals surface area contributed by atoms with Gasteiger partial charge in [-0.25, -0.2) is 9.79 Å². The van der Waals surface area contributed by atoms with Crippen molar-refractivity contribution in [3.63, 3.8) is 0 Å². The van der Waals surface area contributed by atoms with Crippen molar-refractivity contribution in [1.29, 1.82) is 0 Å². The van der Waals surface area contributed by atoms with Crippen LogP contribution < -0.4 is 0 Å². The lowest BCUT2D eigenvalue weighted by molar-refractivity contribution is -0.121. The molecule has 0 saturated carbocycles. The van der Waals surface area contributed by atoms with E-state index in [0.717, 1.165) is 16.8 Å². The molecule has 2 aromatic rings. The summed E-state index contributed by atoms with van der Waals surface area (Å²) < 4.78 is 0. The van der Waals surface area contributed by atoms with Gasteiger partial charge in [0.15, 0.2) is 5.17 Å². The van der Waals surface area contributed by atoms with Gasteiger partial charge in [-0.05, 0) is 54.6 Å². The van der Waals surface area contributed by atoms with Crippen molar-refractivity contribution in [3.8, 4) is 0 Å². The minimum absolute atomic E-state index is 0.127. The van der Waals surface area contributed by atoms with Crippen LogP contribution in [0.15, 0.2) is 58.4 Å². The van der Waals surface area contributed by atoms with E-state index in [9.17, 15) is 9.59 Å². The van der Waals surface area contributed by atoms with Crippen molar-refractivity contribution >= 4 is 40.6 Å². The molecule has 1 aliphatic heterocycles. The number of amides is 1. The Bertz CT molecular complexity index is 884. The molecule has 1 amide bonds. The second-order valence-corrected chi connectivity index (χ2v) is 6.64. The van der Waals surface area contributed by atoms with E-state index in [1.165, 1.54) is 28.8 Å². The molecular weight excluding hydrogens is 336 g/mol. The molecule has 0 radical (unpaired) electrons. The highest BCUT2D eigenvalue weighted by Crippen LogP contribution is 2.33. The third-order valence-corrected chi connectivity index (χ3v) is 4.78. The first-order valence-corrected chi connectivity index (χ1v) is 8.42. The Balaban J connectivity index is 1.85. The monoisotopic (exact) mass is 352 g/mol. The summed E-state index contributed by atoms with van der Waals surface area (Å²) in [5, 5.41) is 9.55. The number of aryl methyl sites for hydroxylation is 1. The third-order valence-electron chi connectivity index (χ3n) is 3.72. The summed E-state index contributed by atoms with van der Waals surface area (Å²) in [6, 6.07) is 14.2. The van der Waals surface area contributed by atoms with Crippen LogP contribution >= 0.6 is 11.8 Å². The Labute approximate surface area is 149 Å². The quantitative estimate of drug-likeness (QED) is 0.850. The fourth-order valence-corrected chi connectivity index (χ4v) is 3.24. The second kappa shape index (κ2) is 6.94. The molecular formula is C19H16N2O3S. The first-order valence-electron chi connectivity index (χ1n) is 7.60. The van der Waals surface area contributed by atoms with E-state index in [2.05, 4.69) is 4.99 Å². The molecule has 0 spiro atoms. The molecule has 1 saturated heterocycles. The minimum atomic E-state index is -0.974. The van der Waals surface area contributed by atoms with Crippen molar-refractivity contribution in [3.05, 3.63) is 70.1 Å². The van der Waals surface area contributed by atoms with Crippen LogP contribution in [0.4, 0.5) is 5.69 Å². The third kappa shape index (κ3) is 3.80. The van der Waals surface area contributed by atoms with Gasteiger partial charge in [-0.3, -0.25) is 9.69 Å². The zero-order valence-electron chi connectivity index (χ0n) is 13.8. The Morgan fingerprint density at radius 2 is 1.76 bits per heavy atom. The number of hydrogen-bond donors (Lipinski definition) is 1. The van der Waals surface area contributed by atoms with Gasteiger partial charge in [0.1, 0.15) is 0 Å². The van der Waals surface area contributed by atoms with E-state index < -0.39 is 5.97 Å². The molecule has 1 heterocycles. The summed E-state index contributed by atoms with van der Waals surface area (Å²) >= 11 is 1.30. The maximum absolute atomic E-state index is 12.4. The van der Waals surface area contributed by atoms with Gasteiger partial charge in [0.25, 0.3) is 5.91 Å². The van der Waals surface area contributed by atoms with Crippen molar-refractivity contribution < 1.29 is 14.7 Å². The van der Waals surface area contributed by atoms with Gasteiger partial charge in [-0.2, -0.15) is 0 Å². The lowest BCUT2D eigenvalue weighted by Gasteiger charge is -2.07. The number of thioether (sulfide) groups is 1. The average molecular weight is 352 g/mol. The number of likely N-dealkylation sites (N-methyl/N-ethyl adjacent to an activating group) is 1. The molecule has 1 N–H and O–H groups in total. The van der Waals surface area contributed by atoms with E-state index in [4.69, 9.17) is 5.11 Å². The van der Waals surface area contributed by atoms with Gasteiger partial charge in [-0.1, -0.05) is 29.8 Å². The summed E-state index contributed by atoms with van der Waals surface area (Å²) in [4.78, 5) is 29.9. The molecule has 0 atom stereocenters. The standard InChI is InChI=1S/C19H16N2O3S/c1-12-3-9-15(10-4-12)20-19-21(2)17(22)16(25-19)11-13-5-7-14(8-6-13)18(23)24/h3-11H,1-2H3,(H,23,24)/b16-11+,20-19?. The number of hydrogen-bond acceptors (Lipinski definition) is 4. The smallest absolute Gasteiger partial charge is 0.335 e. The molecule has 1 fully saturated rings. The Kier molecular flexibility index (Phi) is 4.72. The maximum Gasteiger partial charge on any atom is 0.335 e. The van der Waals surface area contributed by atoms with Crippen LogP contribution in [0.5, 0.6) is 0 Å². The highest BCUT2D eigenvalue weighted by Gasteiger charge is 2.30. The summed E-state index contributed by atoms with van der Waals surface area (Å²) in [7, 11) is 1.69. The number of carboxylic acids is 1. The summed E-state index contributed by atoms with van der Waals surface area (Å²) in [6.07, 6.45) is 1.74. The van der Waals surface area contributed by atoms with Crippen LogP contribution in [0.2, 0.25) is 0 Å². The fraction of sp³-hybridized carbons (Fsp3) is 0.105. The van der Waals surface area contributed by atoms with E-state index in [1.807, 2.05) is 31.2 Å². The number of aliphatic imine (C=N–C) groups is 1. The first-order chi connectivity index (χ1) is 11.9. The summed E-state index contributed by atoms with van der Waals surface area (Å²) in [5.41, 5.74) is 2.93. The predicted octanol–water partition coefficient (Wildman–Crippen LogP) is 3.93. The van der Waals surface area contributed by atoms with Crippen molar-refractivity contribution in [1.82, 2.24) is 4.90 Å². The molecule has 1 aliphatic rings. The number of benzene rings is 2. The number of nitrogens with zero attached hydrogens (tertiary/aromatic N) is 2. The number of carboxylic acid groups (broad SMARTS) is 1. The van der Waals surface area contributed by atoms with Crippen LogP contribution in [0.25, 0.3) is 6.08 Å². The zero-order valence-corrected chi connectivity index (χ0v) is 14.6. The number of rotatable bonds is 3. The lowest BCUT2D eigenvalue weighted by Crippen LogP contribution is -2.23. The van der Waals surface area contributed by atoms with Gasteiger partial charge < -0.3 is 5.11 Å². The zero-order chi connectivity index (χ0) is 18.0. The Hall–Kier alpha value is -2.86. The average Bonchev–Trinajstić information content (AvgIpc) is 2.85. The second-order valence-electron chi connectivity index (χ2n) is 5.63. The normalized spacial score (nSPS) is 17.5. The van der Waals surface area contributed by atoms with Crippen LogP contribution in [0, 0.1) is 6.92 Å². The minimum Gasteiger partial charge on any atom is -0.478 e. The summed E-state index contributed by atoms with van der Waals surface area (Å²) in [5.74, 6) is -1.10. The highest BCUT2D eigenvalue weighted by atomic mass is 32.2. The van der Waals surface area contributed by atoms with Crippen LogP contribution in [0.3, 0.4) is 0 Å². The molecule has 0 unspecified atom stereocenters. The van der Waals surface area contributed by atoms with Crippen molar-refractivity contribution in [2.24, 2.45) is 4.99 Å². The summed E-state index contributed by atoms with van der Waals surface area (Å²) in [6.45, 7) is 2.01. The number of carbonyl (C=O) groups excluding carboxylic acids is 1. The van der Waals surface area contributed by atoms with Gasteiger partial charge in [-0.15, -0.1) is 0 Å². The SMILES string of the molecule is Cc1ccc(N=C2S/C(=C/c3ccc(C(=O)O)cc3)C(=O)N2C)cc1. The predicted molar refractivity (Wildman–Crippen MR) is 100 cm³/mol. The molecule has 5 nitrogen and oxygen atoms in total. The van der Waals surface area contributed by atoms with Gasteiger partial charge in [0.2, 0.25) is 0 Å². The molecule has 126 valence electrons. The lowest BCUT2D eigenvalue weighted by atomic mass is 10.1. The number of amidine groups is 1. The van der Waals surface area contributed by atoms with Crippen LogP contribution in [-0.4, -0.2) is 34.1 Å². The van der Waals surface area contributed by atoms with Gasteiger partial charge in [0, 0.05) is 7.05 Å². The fourth-order valence-electron chi connectivity index (χ4n) is 2.25. The topological polar surface area (TPSA) is 70.0 Å². The van der Waals surface area contributed by atoms with Crippen molar-refractivity contribution in [2.75, 3.05) is 7.05 Å². The van der Waals surface area contributed by atoms with E-state index >= 15 is 0 Å². The Morgan fingerprint density at radius 1 is 1.12 bits per heavy atom. The van der Waals surface area contributed by atoms with E-state index in [1.54, 1.807) is 25.3 Å². The maximum atomic E-state index is 12.4. The van der Waals surface area contributed by atoms with Crippen LogP contribution in [-0.2, 0) is 4.79 Å². The molecule has 25 heavy (non-hydrogen) atoms. The molecule has 0 aromatic heterocycles. The van der Waals surface area contributed by atoms with E-state index in [0.29, 0.717) is 10.1 Å². The van der Waals surface area contributed by atoms with Crippen molar-refractivity contribution in [2.45, 2.75) is 6.92 Å². The number of aromatic carboxylic acids is 1. The van der Waals surface area contributed by atoms with Gasteiger partial charge >= 0.3 is 5.97 Å². The molecule has 2 aromatic carbocycles. The molecule has 0 aliphatic carbocycles. The molecule has 6 heteroatoms. The Morgan fingerprint density at radius 3 is 2.36 bits per heavy atom. The molecule has 0 bridgehead atoms.